The Morgan fingerprint density at radius 2 is 1.70 bits per heavy atom. The average molecular weight is 269 g/mol. The number of ketones is 4. The predicted octanol–water partition coefficient (Wildman–Crippen LogP) is 1.24. The van der Waals surface area contributed by atoms with Gasteiger partial charge in [0, 0.05) is 17.1 Å². The van der Waals surface area contributed by atoms with Crippen LogP contribution in [0.15, 0.2) is 24.4 Å². The Morgan fingerprint density at radius 1 is 1.05 bits per heavy atom. The number of fused-ring (bicyclic) bond motifs is 1. The van der Waals surface area contributed by atoms with Crippen LogP contribution in [0.3, 0.4) is 0 Å². The monoisotopic (exact) mass is 269 g/mol. The minimum atomic E-state index is -1.29. The van der Waals surface area contributed by atoms with Crippen molar-refractivity contribution in [1.82, 2.24) is 4.98 Å². The molecule has 20 heavy (non-hydrogen) atoms. The Bertz CT molecular complexity index is 758. The predicted molar refractivity (Wildman–Crippen MR) is 70.4 cm³/mol. The zero-order valence-electron chi connectivity index (χ0n) is 10.7. The lowest BCUT2D eigenvalue weighted by atomic mass is 9.80. The number of aryl methyl sites for hydroxylation is 1. The number of benzene rings is 1. The van der Waals surface area contributed by atoms with Crippen LogP contribution < -0.4 is 0 Å². The number of Topliss-reactive ketones (excluding diaryl/α,β-unsaturated/α-hetero) is 4. The fraction of sp³-hybridized carbons (Fsp3) is 0.200. The second-order valence-corrected chi connectivity index (χ2v) is 4.93. The number of hydrogen-bond donors (Lipinski definition) is 1. The van der Waals surface area contributed by atoms with Gasteiger partial charge in [-0.2, -0.15) is 0 Å². The van der Waals surface area contributed by atoms with Gasteiger partial charge in [-0.05, 0) is 24.1 Å². The van der Waals surface area contributed by atoms with Crippen LogP contribution >= 0.6 is 0 Å². The Kier molecular flexibility index (Phi) is 2.64. The highest BCUT2D eigenvalue weighted by atomic mass is 16.2. The molecule has 1 aromatic carbocycles. The number of H-pyrrole nitrogens is 1. The van der Waals surface area contributed by atoms with Crippen molar-refractivity contribution in [2.24, 2.45) is 0 Å². The highest BCUT2D eigenvalue weighted by Crippen LogP contribution is 2.32. The van der Waals surface area contributed by atoms with E-state index in [2.05, 4.69) is 4.98 Å². The van der Waals surface area contributed by atoms with Crippen molar-refractivity contribution in [2.75, 3.05) is 0 Å². The number of hydrogen-bond acceptors (Lipinski definition) is 4. The first-order valence-electron chi connectivity index (χ1n) is 6.21. The summed E-state index contributed by atoms with van der Waals surface area (Å²) in [6.45, 7) is 1.85. The fourth-order valence-corrected chi connectivity index (χ4v) is 2.67. The third-order valence-corrected chi connectivity index (χ3v) is 3.65. The molecule has 1 N–H and O–H groups in total. The maximum atomic E-state index is 12.0. The molecule has 5 nitrogen and oxygen atoms in total. The zero-order chi connectivity index (χ0) is 14.4. The largest absolute Gasteiger partial charge is 0.361 e. The van der Waals surface area contributed by atoms with Gasteiger partial charge in [0.2, 0.25) is 23.1 Å². The van der Waals surface area contributed by atoms with E-state index in [4.69, 9.17) is 0 Å². The van der Waals surface area contributed by atoms with Gasteiger partial charge in [0.15, 0.2) is 0 Å². The molecule has 0 amide bonds. The van der Waals surface area contributed by atoms with Gasteiger partial charge in [-0.3, -0.25) is 19.2 Å². The molecule has 0 saturated heterocycles. The molecule has 1 aliphatic rings. The van der Waals surface area contributed by atoms with E-state index in [0.717, 1.165) is 16.5 Å². The summed E-state index contributed by atoms with van der Waals surface area (Å²) >= 11 is 0. The molecule has 0 unspecified atom stereocenters. The van der Waals surface area contributed by atoms with Crippen molar-refractivity contribution in [1.29, 1.82) is 0 Å². The lowest BCUT2D eigenvalue weighted by molar-refractivity contribution is -0.149. The van der Waals surface area contributed by atoms with E-state index in [1.54, 1.807) is 0 Å². The molecule has 1 heterocycles. The van der Waals surface area contributed by atoms with Crippen molar-refractivity contribution in [3.05, 3.63) is 35.5 Å². The topological polar surface area (TPSA) is 84.1 Å². The van der Waals surface area contributed by atoms with E-state index in [-0.39, 0.29) is 0 Å². The maximum Gasteiger partial charge on any atom is 0.214 e. The summed E-state index contributed by atoms with van der Waals surface area (Å²) in [4.78, 5) is 50.1. The summed E-state index contributed by atoms with van der Waals surface area (Å²) in [5.41, 5.74) is 2.06. The van der Waals surface area contributed by atoms with Gasteiger partial charge in [-0.25, -0.2) is 0 Å². The third kappa shape index (κ3) is 1.63. The van der Waals surface area contributed by atoms with Gasteiger partial charge in [0.25, 0.3) is 0 Å². The van der Waals surface area contributed by atoms with Gasteiger partial charge < -0.3 is 4.98 Å². The van der Waals surface area contributed by atoms with Crippen LogP contribution in [0.2, 0.25) is 0 Å². The summed E-state index contributed by atoms with van der Waals surface area (Å²) in [6.07, 6.45) is 0.930. The van der Waals surface area contributed by atoms with Crippen LogP contribution in [0.5, 0.6) is 0 Å². The number of aromatic amines is 1. The van der Waals surface area contributed by atoms with Crippen molar-refractivity contribution in [3.63, 3.8) is 0 Å². The lowest BCUT2D eigenvalue weighted by Gasteiger charge is -2.17. The smallest absolute Gasteiger partial charge is 0.214 e. The molecule has 1 fully saturated rings. The second kappa shape index (κ2) is 4.23. The molecule has 1 aromatic heterocycles. The normalized spacial score (nSPS) is 17.2. The molecule has 0 bridgehead atoms. The highest BCUT2D eigenvalue weighted by Gasteiger charge is 2.43. The number of carbonyl (C=O) groups is 4. The molecular formula is C15H11NO4. The zero-order valence-corrected chi connectivity index (χ0v) is 10.7. The summed E-state index contributed by atoms with van der Waals surface area (Å²) in [5, 5.41) is 0.724. The molecular weight excluding hydrogens is 258 g/mol. The SMILES string of the molecule is Cc1cccc2[nH]cc(C3C(=O)C(=O)CC(=O)C3=O)c12. The fourth-order valence-electron chi connectivity index (χ4n) is 2.67. The van der Waals surface area contributed by atoms with E-state index in [1.807, 2.05) is 25.1 Å². The summed E-state index contributed by atoms with van der Waals surface area (Å²) < 4.78 is 0. The summed E-state index contributed by atoms with van der Waals surface area (Å²) in [6, 6.07) is 5.51. The number of aromatic nitrogens is 1. The molecule has 0 aliphatic heterocycles. The lowest BCUT2D eigenvalue weighted by Crippen LogP contribution is -2.40. The number of carbonyl (C=O) groups excluding carboxylic acids is 4. The third-order valence-electron chi connectivity index (χ3n) is 3.65. The van der Waals surface area contributed by atoms with Crippen molar-refractivity contribution >= 4 is 34.0 Å². The van der Waals surface area contributed by atoms with E-state index in [0.29, 0.717) is 5.56 Å². The van der Waals surface area contributed by atoms with Crippen molar-refractivity contribution < 1.29 is 19.2 Å². The van der Waals surface area contributed by atoms with Crippen LogP contribution in [-0.4, -0.2) is 28.1 Å². The molecule has 5 heteroatoms. The van der Waals surface area contributed by atoms with Crippen molar-refractivity contribution in [2.45, 2.75) is 19.3 Å². The van der Waals surface area contributed by atoms with Crippen molar-refractivity contribution in [3.8, 4) is 0 Å². The van der Waals surface area contributed by atoms with E-state index < -0.39 is 35.5 Å². The molecule has 3 rings (SSSR count). The standard InChI is InChI=1S/C15H11NO4/c1-7-3-2-4-9-12(7)8(6-16-9)13-14(19)10(17)5-11(18)15(13)20/h2-4,6,13,16H,5H2,1H3. The average Bonchev–Trinajstić information content (AvgIpc) is 2.82. The Hall–Kier alpha value is -2.56. The van der Waals surface area contributed by atoms with Crippen LogP contribution in [0.25, 0.3) is 10.9 Å². The van der Waals surface area contributed by atoms with Gasteiger partial charge in [-0.15, -0.1) is 0 Å². The first-order valence-corrected chi connectivity index (χ1v) is 6.21. The first kappa shape index (κ1) is 12.5. The molecule has 1 aliphatic carbocycles. The van der Waals surface area contributed by atoms with E-state index >= 15 is 0 Å². The first-order chi connectivity index (χ1) is 9.50. The van der Waals surface area contributed by atoms with Crippen LogP contribution in [0, 0.1) is 6.92 Å². The molecule has 0 spiro atoms. The van der Waals surface area contributed by atoms with Gasteiger partial charge in [0.05, 0.1) is 6.42 Å². The minimum Gasteiger partial charge on any atom is -0.361 e. The van der Waals surface area contributed by atoms with E-state index in [1.165, 1.54) is 6.20 Å². The summed E-state index contributed by atoms with van der Waals surface area (Å²) in [5.74, 6) is -4.46. The van der Waals surface area contributed by atoms with Gasteiger partial charge >= 0.3 is 0 Å². The van der Waals surface area contributed by atoms with E-state index in [9.17, 15) is 19.2 Å². The highest BCUT2D eigenvalue weighted by molar-refractivity contribution is 6.61. The minimum absolute atomic E-state index is 0.412. The maximum absolute atomic E-state index is 12.0. The summed E-state index contributed by atoms with van der Waals surface area (Å²) in [7, 11) is 0. The molecule has 0 radical (unpaired) electrons. The van der Waals surface area contributed by atoms with Gasteiger partial charge in [0.1, 0.15) is 5.92 Å². The number of rotatable bonds is 1. The van der Waals surface area contributed by atoms with Crippen LogP contribution in [-0.2, 0) is 19.2 Å². The Balaban J connectivity index is 2.23. The van der Waals surface area contributed by atoms with Crippen LogP contribution in [0.4, 0.5) is 0 Å². The molecule has 1 saturated carbocycles. The Labute approximate surface area is 114 Å². The molecule has 2 aromatic rings. The molecule has 0 atom stereocenters. The molecule has 100 valence electrons. The number of nitrogens with one attached hydrogen (secondary N) is 1. The second-order valence-electron chi connectivity index (χ2n) is 4.93. The Morgan fingerprint density at radius 3 is 2.35 bits per heavy atom. The van der Waals surface area contributed by atoms with Crippen LogP contribution in [0.1, 0.15) is 23.5 Å². The van der Waals surface area contributed by atoms with Gasteiger partial charge in [-0.1, -0.05) is 12.1 Å². The quantitative estimate of drug-likeness (QED) is 0.623.